The van der Waals surface area contributed by atoms with Crippen molar-refractivity contribution in [3.05, 3.63) is 23.3 Å². The molecule has 0 amide bonds. The van der Waals surface area contributed by atoms with Gasteiger partial charge in [-0.25, -0.2) is 4.79 Å². The largest absolute Gasteiger partial charge is 0.450 e. The number of ether oxygens (including phenoxy) is 1. The van der Waals surface area contributed by atoms with Crippen LogP contribution >= 0.6 is 0 Å². The SMILES string of the molecule is CNCCNCC1=CC2CC3(O)C(C)(CCC4C3(O)CC3CC(C(C)C5CCCC5)CCC5C(O)C6(CCCC6)CC4(C=O)C35O)C2C2=CC(=O)OC12. The molecule has 8 aliphatic carbocycles. The Morgan fingerprint density at radius 2 is 1.74 bits per heavy atom. The Bertz CT molecular complexity index is 1550. The van der Waals surface area contributed by atoms with Gasteiger partial charge in [0.25, 0.3) is 0 Å². The fourth-order valence-electron chi connectivity index (χ4n) is 16.2. The summed E-state index contributed by atoms with van der Waals surface area (Å²) in [5, 5.41) is 60.3. The maximum Gasteiger partial charge on any atom is 0.331 e. The van der Waals surface area contributed by atoms with E-state index in [2.05, 4.69) is 30.6 Å². The maximum absolute atomic E-state index is 14.3. The standard InChI is InChI=1S/C44H66N2O7/c1-26(27-8-4-5-9-27)28-10-11-33-38(49)40(13-6-7-14-40)24-41(25-47)34-12-15-39(2)36-29(21-43(39,51)42(34,50)22-31(19-28)44(33,41)52)18-30(23-46-17-16-45-3)37-32(36)20-35(48)53-37/h18,20,25-29,31,33-34,36-38,45-46,49-52H,4-17,19,21-24H2,1-3H3. The Morgan fingerprint density at radius 1 is 0.981 bits per heavy atom. The molecule has 9 nitrogen and oxygen atoms in total. The number of carbonyl (C=O) groups excluding carboxylic acids is 2. The normalized spacial score (nSPS) is 50.2. The molecule has 0 bridgehead atoms. The number of allylic oxidation sites excluding steroid dienone is 1. The molecule has 0 aromatic rings. The predicted octanol–water partition coefficient (Wildman–Crippen LogP) is 4.61. The lowest BCUT2D eigenvalue weighted by Gasteiger charge is -2.73. The van der Waals surface area contributed by atoms with Crippen LogP contribution in [0.5, 0.6) is 0 Å². The molecule has 1 heterocycles. The number of esters is 1. The fraction of sp³-hybridized carbons (Fsp3) is 0.864. The molecule has 294 valence electrons. The van der Waals surface area contributed by atoms with Crippen LogP contribution in [0, 0.1) is 63.6 Å². The summed E-state index contributed by atoms with van der Waals surface area (Å²) in [7, 11) is 1.92. The molecule has 6 N–H and O–H groups in total. The van der Waals surface area contributed by atoms with Crippen molar-refractivity contribution < 1.29 is 34.8 Å². The molecule has 9 heteroatoms. The van der Waals surface area contributed by atoms with Crippen LogP contribution in [-0.2, 0) is 14.3 Å². The lowest BCUT2D eigenvalue weighted by Crippen LogP contribution is -2.82. The van der Waals surface area contributed by atoms with Gasteiger partial charge in [-0.15, -0.1) is 0 Å². The van der Waals surface area contributed by atoms with Crippen molar-refractivity contribution in [3.8, 4) is 0 Å². The molecule has 53 heavy (non-hydrogen) atoms. The monoisotopic (exact) mass is 734 g/mol. The van der Waals surface area contributed by atoms with Crippen LogP contribution in [0.2, 0.25) is 0 Å². The summed E-state index contributed by atoms with van der Waals surface area (Å²) in [4.78, 5) is 27.3. The lowest BCUT2D eigenvalue weighted by atomic mass is 9.34. The third-order valence-electron chi connectivity index (χ3n) is 18.6. The zero-order valence-corrected chi connectivity index (χ0v) is 32.5. The summed E-state index contributed by atoms with van der Waals surface area (Å²) >= 11 is 0. The van der Waals surface area contributed by atoms with Gasteiger partial charge in [0, 0.05) is 43.0 Å². The van der Waals surface area contributed by atoms with E-state index in [0.717, 1.165) is 62.6 Å². The van der Waals surface area contributed by atoms with Crippen molar-refractivity contribution in [2.24, 2.45) is 63.6 Å². The Balaban J connectivity index is 1.16. The second-order valence-electron chi connectivity index (χ2n) is 20.3. The highest BCUT2D eigenvalue weighted by Gasteiger charge is 2.83. The van der Waals surface area contributed by atoms with Gasteiger partial charge in [0.15, 0.2) is 0 Å². The minimum absolute atomic E-state index is 0.106. The van der Waals surface area contributed by atoms with Gasteiger partial charge in [-0.2, -0.15) is 0 Å². The van der Waals surface area contributed by atoms with Crippen LogP contribution in [0.25, 0.3) is 0 Å². The van der Waals surface area contributed by atoms with E-state index in [1.165, 1.54) is 25.7 Å². The molecular formula is C44H66N2O7. The number of likely N-dealkylation sites (N-methyl/N-ethyl adjacent to an activating group) is 1. The smallest absolute Gasteiger partial charge is 0.331 e. The fourth-order valence-corrected chi connectivity index (χ4v) is 16.2. The van der Waals surface area contributed by atoms with E-state index in [4.69, 9.17) is 4.74 Å². The quantitative estimate of drug-likeness (QED) is 0.0911. The van der Waals surface area contributed by atoms with E-state index >= 15 is 0 Å². The van der Waals surface area contributed by atoms with Crippen LogP contribution in [0.3, 0.4) is 0 Å². The summed E-state index contributed by atoms with van der Waals surface area (Å²) < 4.78 is 5.95. The lowest BCUT2D eigenvalue weighted by molar-refractivity contribution is -0.352. The van der Waals surface area contributed by atoms with Gasteiger partial charge < -0.3 is 40.6 Å². The van der Waals surface area contributed by atoms with E-state index in [9.17, 15) is 30.0 Å². The molecule has 0 saturated heterocycles. The highest BCUT2D eigenvalue weighted by atomic mass is 16.5. The minimum atomic E-state index is -1.63. The van der Waals surface area contributed by atoms with E-state index in [1.54, 1.807) is 6.08 Å². The molecule has 9 rings (SSSR count). The van der Waals surface area contributed by atoms with Crippen LogP contribution < -0.4 is 10.6 Å². The molecule has 7 fully saturated rings. The third-order valence-corrected chi connectivity index (χ3v) is 18.6. The van der Waals surface area contributed by atoms with Crippen LogP contribution in [-0.4, -0.2) is 88.4 Å². The van der Waals surface area contributed by atoms with E-state index in [0.29, 0.717) is 62.8 Å². The highest BCUT2D eigenvalue weighted by Crippen LogP contribution is 2.78. The van der Waals surface area contributed by atoms with Gasteiger partial charge in [0.2, 0.25) is 0 Å². The second-order valence-corrected chi connectivity index (χ2v) is 20.3. The summed E-state index contributed by atoms with van der Waals surface area (Å²) in [6.07, 6.45) is 16.7. The van der Waals surface area contributed by atoms with Gasteiger partial charge in [0.05, 0.1) is 22.7 Å². The van der Waals surface area contributed by atoms with Crippen LogP contribution in [0.4, 0.5) is 0 Å². The molecule has 1 spiro atoms. The Kier molecular flexibility index (Phi) is 8.86. The average molecular weight is 735 g/mol. The number of aliphatic hydroxyl groups excluding tert-OH is 1. The van der Waals surface area contributed by atoms with Gasteiger partial charge in [-0.3, -0.25) is 0 Å². The minimum Gasteiger partial charge on any atom is -0.450 e. The molecule has 9 aliphatic rings. The van der Waals surface area contributed by atoms with Gasteiger partial charge in [-0.1, -0.05) is 58.4 Å². The number of hydrogen-bond acceptors (Lipinski definition) is 9. The predicted molar refractivity (Wildman–Crippen MR) is 200 cm³/mol. The summed E-state index contributed by atoms with van der Waals surface area (Å²) in [6, 6.07) is 0. The maximum atomic E-state index is 14.3. The Hall–Kier alpha value is -1.62. The number of hydrogen-bond donors (Lipinski definition) is 6. The molecule has 7 saturated carbocycles. The van der Waals surface area contributed by atoms with Crippen molar-refractivity contribution in [3.63, 3.8) is 0 Å². The van der Waals surface area contributed by atoms with Crippen molar-refractivity contribution in [1.82, 2.24) is 10.6 Å². The molecule has 1 aliphatic heterocycles. The van der Waals surface area contributed by atoms with Crippen molar-refractivity contribution in [2.75, 3.05) is 26.7 Å². The Morgan fingerprint density at radius 3 is 2.45 bits per heavy atom. The molecule has 14 unspecified atom stereocenters. The zero-order valence-electron chi connectivity index (χ0n) is 32.5. The van der Waals surface area contributed by atoms with Crippen LogP contribution in [0.1, 0.15) is 117 Å². The van der Waals surface area contributed by atoms with Gasteiger partial charge >= 0.3 is 5.97 Å². The number of rotatable bonds is 8. The molecule has 14 atom stereocenters. The molecule has 0 radical (unpaired) electrons. The first-order chi connectivity index (χ1) is 25.3. The number of aliphatic hydroxyl groups is 4. The topological polar surface area (TPSA) is 148 Å². The van der Waals surface area contributed by atoms with Crippen molar-refractivity contribution in [2.45, 2.75) is 146 Å². The summed E-state index contributed by atoms with van der Waals surface area (Å²) in [5.41, 5.74) is -5.26. The number of nitrogens with one attached hydrogen (secondary N) is 2. The van der Waals surface area contributed by atoms with Crippen molar-refractivity contribution in [1.29, 1.82) is 0 Å². The van der Waals surface area contributed by atoms with Gasteiger partial charge in [-0.05, 0) is 123 Å². The average Bonchev–Trinajstić information content (AvgIpc) is 3.93. The van der Waals surface area contributed by atoms with Crippen molar-refractivity contribution >= 4 is 12.3 Å². The first-order valence-corrected chi connectivity index (χ1v) is 21.6. The molecule has 0 aromatic carbocycles. The second kappa shape index (κ2) is 12.7. The number of aldehydes is 1. The van der Waals surface area contributed by atoms with E-state index in [1.807, 2.05) is 7.05 Å². The number of fused-ring (bicyclic) bond motifs is 8. The number of carbonyl (C=O) groups is 2. The first-order valence-electron chi connectivity index (χ1n) is 21.6. The van der Waals surface area contributed by atoms with E-state index < -0.39 is 63.0 Å². The zero-order chi connectivity index (χ0) is 37.2. The first kappa shape index (κ1) is 37.0. The third kappa shape index (κ3) is 4.76. The highest BCUT2D eigenvalue weighted by molar-refractivity contribution is 5.87. The van der Waals surface area contributed by atoms with Gasteiger partial charge in [0.1, 0.15) is 18.0 Å². The van der Waals surface area contributed by atoms with Crippen LogP contribution in [0.15, 0.2) is 23.3 Å². The summed E-state index contributed by atoms with van der Waals surface area (Å²) in [5.74, 6) is -0.724. The van der Waals surface area contributed by atoms with E-state index in [-0.39, 0.29) is 24.2 Å². The Labute approximate surface area is 316 Å². The molecular weight excluding hydrogens is 668 g/mol. The summed E-state index contributed by atoms with van der Waals surface area (Å²) in [6.45, 7) is 6.65. The molecule has 0 aromatic heterocycles.